The first-order valence-electron chi connectivity index (χ1n) is 6.68. The Labute approximate surface area is 107 Å². The van der Waals surface area contributed by atoms with Gasteiger partial charge in [-0.15, -0.1) is 0 Å². The molecule has 1 amide bonds. The summed E-state index contributed by atoms with van der Waals surface area (Å²) >= 11 is 0. The molecule has 102 valence electrons. The predicted molar refractivity (Wildman–Crippen MR) is 73.8 cm³/mol. The number of rotatable bonds is 7. The second kappa shape index (κ2) is 7.00. The Morgan fingerprint density at radius 1 is 1.12 bits per heavy atom. The molecule has 0 aliphatic rings. The van der Waals surface area contributed by atoms with Gasteiger partial charge in [0.15, 0.2) is 0 Å². The average Bonchev–Trinajstić information content (AvgIpc) is 2.10. The molecular formula is C14H30N2O. The quantitative estimate of drug-likeness (QED) is 0.746. The minimum absolute atomic E-state index is 0.242. The molecule has 3 nitrogen and oxygen atoms in total. The van der Waals surface area contributed by atoms with Gasteiger partial charge in [-0.1, -0.05) is 27.7 Å². The zero-order chi connectivity index (χ0) is 13.6. The molecule has 0 aromatic heterocycles. The van der Waals surface area contributed by atoms with E-state index in [2.05, 4.69) is 27.7 Å². The third kappa shape index (κ3) is 9.16. The zero-order valence-electron chi connectivity index (χ0n) is 12.4. The highest BCUT2D eigenvalue weighted by molar-refractivity contribution is 5.76. The van der Waals surface area contributed by atoms with Crippen LogP contribution in [0.15, 0.2) is 0 Å². The van der Waals surface area contributed by atoms with Gasteiger partial charge >= 0.3 is 0 Å². The molecule has 0 spiro atoms. The molecule has 2 N–H and O–H groups in total. The molecule has 0 aromatic rings. The second-order valence-corrected chi connectivity index (χ2v) is 6.57. The largest absolute Gasteiger partial charge is 0.342 e. The highest BCUT2D eigenvalue weighted by atomic mass is 16.2. The van der Waals surface area contributed by atoms with Crippen LogP contribution in [0.25, 0.3) is 0 Å². The van der Waals surface area contributed by atoms with E-state index in [4.69, 9.17) is 5.73 Å². The molecule has 0 radical (unpaired) electrons. The summed E-state index contributed by atoms with van der Waals surface area (Å²) in [5.74, 6) is 1.28. The molecule has 0 saturated heterocycles. The first-order chi connectivity index (χ1) is 7.61. The van der Waals surface area contributed by atoms with Gasteiger partial charge in [0, 0.05) is 25.0 Å². The summed E-state index contributed by atoms with van der Waals surface area (Å²) in [6.45, 7) is 14.2. The maximum atomic E-state index is 12.1. The normalized spacial score (nSPS) is 12.3. The van der Waals surface area contributed by atoms with E-state index in [1.165, 1.54) is 0 Å². The molecule has 0 rings (SSSR count). The second-order valence-electron chi connectivity index (χ2n) is 6.57. The fourth-order valence-electron chi connectivity index (χ4n) is 1.75. The summed E-state index contributed by atoms with van der Waals surface area (Å²) in [5.41, 5.74) is 5.66. The van der Waals surface area contributed by atoms with Crippen molar-refractivity contribution >= 4 is 5.91 Å². The molecule has 0 bridgehead atoms. The van der Waals surface area contributed by atoms with Crippen molar-refractivity contribution in [3.8, 4) is 0 Å². The van der Waals surface area contributed by atoms with Gasteiger partial charge < -0.3 is 10.6 Å². The predicted octanol–water partition coefficient (Wildman–Crippen LogP) is 2.64. The van der Waals surface area contributed by atoms with Crippen LogP contribution in [-0.4, -0.2) is 29.4 Å². The lowest BCUT2D eigenvalue weighted by Gasteiger charge is -2.28. The Hall–Kier alpha value is -0.570. The van der Waals surface area contributed by atoms with Crippen molar-refractivity contribution < 1.29 is 4.79 Å². The fraction of sp³-hybridized carbons (Fsp3) is 0.929. The van der Waals surface area contributed by atoms with Gasteiger partial charge in [-0.25, -0.2) is 0 Å². The van der Waals surface area contributed by atoms with Gasteiger partial charge in [0.25, 0.3) is 0 Å². The van der Waals surface area contributed by atoms with Gasteiger partial charge in [0.2, 0.25) is 5.91 Å². The first-order valence-corrected chi connectivity index (χ1v) is 6.68. The van der Waals surface area contributed by atoms with Crippen LogP contribution >= 0.6 is 0 Å². The fourth-order valence-corrected chi connectivity index (χ4v) is 1.75. The smallest absolute Gasteiger partial charge is 0.222 e. The number of carbonyl (C=O) groups is 1. The van der Waals surface area contributed by atoms with Crippen molar-refractivity contribution in [1.82, 2.24) is 4.90 Å². The van der Waals surface area contributed by atoms with Crippen molar-refractivity contribution in [2.45, 2.75) is 59.9 Å². The molecule has 0 heterocycles. The summed E-state index contributed by atoms with van der Waals surface area (Å²) < 4.78 is 0. The Kier molecular flexibility index (Phi) is 6.76. The van der Waals surface area contributed by atoms with Gasteiger partial charge in [-0.05, 0) is 32.1 Å². The van der Waals surface area contributed by atoms with Crippen molar-refractivity contribution in [2.75, 3.05) is 13.1 Å². The Morgan fingerprint density at radius 2 is 1.53 bits per heavy atom. The van der Waals surface area contributed by atoms with E-state index in [0.717, 1.165) is 19.5 Å². The van der Waals surface area contributed by atoms with Crippen LogP contribution in [0.3, 0.4) is 0 Å². The van der Waals surface area contributed by atoms with Crippen molar-refractivity contribution in [3.05, 3.63) is 0 Å². The van der Waals surface area contributed by atoms with E-state index in [0.29, 0.717) is 18.3 Å². The first kappa shape index (κ1) is 16.4. The minimum Gasteiger partial charge on any atom is -0.342 e. The van der Waals surface area contributed by atoms with Crippen LogP contribution in [-0.2, 0) is 4.79 Å². The summed E-state index contributed by atoms with van der Waals surface area (Å²) in [6.07, 6.45) is 1.31. The SMILES string of the molecule is CC(C)CN(CC(C)C)C(=O)CCC(C)(C)N. The molecule has 0 unspecified atom stereocenters. The number of hydrogen-bond acceptors (Lipinski definition) is 2. The van der Waals surface area contributed by atoms with Crippen LogP contribution < -0.4 is 5.73 Å². The Bertz CT molecular complexity index is 219. The van der Waals surface area contributed by atoms with Crippen LogP contribution in [0.4, 0.5) is 0 Å². The zero-order valence-corrected chi connectivity index (χ0v) is 12.4. The molecular weight excluding hydrogens is 212 g/mol. The maximum Gasteiger partial charge on any atom is 0.222 e. The Morgan fingerprint density at radius 3 is 1.82 bits per heavy atom. The van der Waals surface area contributed by atoms with Gasteiger partial charge in [-0.2, -0.15) is 0 Å². The van der Waals surface area contributed by atoms with Crippen LogP contribution in [0.5, 0.6) is 0 Å². The van der Waals surface area contributed by atoms with E-state index < -0.39 is 0 Å². The molecule has 3 heteroatoms. The van der Waals surface area contributed by atoms with Crippen molar-refractivity contribution in [3.63, 3.8) is 0 Å². The monoisotopic (exact) mass is 242 g/mol. The highest BCUT2D eigenvalue weighted by Crippen LogP contribution is 2.11. The van der Waals surface area contributed by atoms with E-state index in [1.54, 1.807) is 0 Å². The molecule has 0 fully saturated rings. The van der Waals surface area contributed by atoms with Gasteiger partial charge in [0.1, 0.15) is 0 Å². The highest BCUT2D eigenvalue weighted by Gasteiger charge is 2.19. The lowest BCUT2D eigenvalue weighted by molar-refractivity contribution is -0.132. The summed E-state index contributed by atoms with van der Waals surface area (Å²) in [7, 11) is 0. The number of amides is 1. The van der Waals surface area contributed by atoms with Gasteiger partial charge in [0.05, 0.1) is 0 Å². The van der Waals surface area contributed by atoms with Crippen LogP contribution in [0.1, 0.15) is 54.4 Å². The van der Waals surface area contributed by atoms with E-state index in [1.807, 2.05) is 18.7 Å². The van der Waals surface area contributed by atoms with E-state index in [9.17, 15) is 4.79 Å². The average molecular weight is 242 g/mol. The molecule has 0 atom stereocenters. The molecule has 0 aromatic carbocycles. The molecule has 0 aliphatic carbocycles. The lowest BCUT2D eigenvalue weighted by Crippen LogP contribution is -2.39. The Balaban J connectivity index is 4.32. The van der Waals surface area contributed by atoms with Gasteiger partial charge in [-0.3, -0.25) is 4.79 Å². The standard InChI is InChI=1S/C14H30N2O/c1-11(2)9-16(10-12(3)4)13(17)7-8-14(5,6)15/h11-12H,7-10,15H2,1-6H3. The summed E-state index contributed by atoms with van der Waals surface area (Å²) in [4.78, 5) is 14.1. The number of nitrogens with zero attached hydrogens (tertiary/aromatic N) is 1. The third-order valence-corrected chi connectivity index (χ3v) is 2.51. The third-order valence-electron chi connectivity index (χ3n) is 2.51. The maximum absolute atomic E-state index is 12.1. The molecule has 0 aliphatic heterocycles. The van der Waals surface area contributed by atoms with E-state index in [-0.39, 0.29) is 11.4 Å². The summed E-state index contributed by atoms with van der Waals surface area (Å²) in [5, 5.41) is 0. The van der Waals surface area contributed by atoms with Crippen LogP contribution in [0, 0.1) is 11.8 Å². The minimum atomic E-state index is -0.253. The number of hydrogen-bond donors (Lipinski definition) is 1. The topological polar surface area (TPSA) is 46.3 Å². The number of carbonyl (C=O) groups excluding carboxylic acids is 1. The van der Waals surface area contributed by atoms with E-state index >= 15 is 0 Å². The van der Waals surface area contributed by atoms with Crippen molar-refractivity contribution in [1.29, 1.82) is 0 Å². The summed E-state index contributed by atoms with van der Waals surface area (Å²) in [6, 6.07) is 0. The van der Waals surface area contributed by atoms with Crippen molar-refractivity contribution in [2.24, 2.45) is 17.6 Å². The molecule has 17 heavy (non-hydrogen) atoms. The lowest BCUT2D eigenvalue weighted by atomic mass is 9.99. The number of nitrogens with two attached hydrogens (primary N) is 1. The van der Waals surface area contributed by atoms with Crippen LogP contribution in [0.2, 0.25) is 0 Å². The molecule has 0 saturated carbocycles.